The minimum Gasteiger partial charge on any atom is -0.491 e. The molecule has 0 fully saturated rings. The quantitative estimate of drug-likeness (QED) is 0.827. The molecular weight excluding hydrogens is 240 g/mol. The van der Waals surface area contributed by atoms with Gasteiger partial charge in [0.05, 0.1) is 18.1 Å². The summed E-state index contributed by atoms with van der Waals surface area (Å²) in [7, 11) is -3.45. The Morgan fingerprint density at radius 3 is 2.76 bits per heavy atom. The Bertz CT molecular complexity index is 460. The summed E-state index contributed by atoms with van der Waals surface area (Å²) in [5, 5.41) is 5.02. The van der Waals surface area contributed by atoms with Gasteiger partial charge in [0, 0.05) is 12.1 Å². The van der Waals surface area contributed by atoms with Crippen LogP contribution in [0.1, 0.15) is 19.0 Å². The smallest absolute Gasteiger partial charge is 0.209 e. The molecule has 1 atom stereocenters. The molecule has 0 saturated carbocycles. The van der Waals surface area contributed by atoms with Gasteiger partial charge in [-0.15, -0.1) is 0 Å². The molecule has 1 rings (SSSR count). The van der Waals surface area contributed by atoms with Crippen LogP contribution in [-0.2, 0) is 10.0 Å². The molecule has 1 aromatic rings. The summed E-state index contributed by atoms with van der Waals surface area (Å²) in [6, 6.07) is 3.59. The number of aryl methyl sites for hydroxylation is 1. The predicted octanol–water partition coefficient (Wildman–Crippen LogP) is 1.08. The zero-order chi connectivity index (χ0) is 12.9. The summed E-state index contributed by atoms with van der Waals surface area (Å²) >= 11 is 0. The highest BCUT2D eigenvalue weighted by atomic mass is 32.2. The molecule has 5 nitrogen and oxygen atoms in total. The number of hydrogen-bond donors (Lipinski definition) is 1. The zero-order valence-corrected chi connectivity index (χ0v) is 10.9. The van der Waals surface area contributed by atoms with E-state index in [0.29, 0.717) is 18.8 Å². The van der Waals surface area contributed by atoms with Crippen molar-refractivity contribution in [3.8, 4) is 5.75 Å². The van der Waals surface area contributed by atoms with E-state index < -0.39 is 10.0 Å². The summed E-state index contributed by atoms with van der Waals surface area (Å²) in [6.45, 7) is 4.09. The standard InChI is InChI=1S/C11H18N2O3S/c1-3-10(8-17(12,14)15)7-16-11-5-4-6-13-9(11)2/h4-6,10H,3,7-8H2,1-2H3,(H2,12,14,15). The van der Waals surface area contributed by atoms with Crippen molar-refractivity contribution in [3.05, 3.63) is 24.0 Å². The van der Waals surface area contributed by atoms with Gasteiger partial charge in [0.15, 0.2) is 0 Å². The van der Waals surface area contributed by atoms with Crippen LogP contribution in [0, 0.1) is 12.8 Å². The van der Waals surface area contributed by atoms with E-state index in [1.165, 1.54) is 0 Å². The van der Waals surface area contributed by atoms with Crippen LogP contribution in [0.15, 0.2) is 18.3 Å². The van der Waals surface area contributed by atoms with Gasteiger partial charge in [-0.25, -0.2) is 13.6 Å². The van der Waals surface area contributed by atoms with Crippen molar-refractivity contribution in [2.75, 3.05) is 12.4 Å². The zero-order valence-electron chi connectivity index (χ0n) is 10.1. The van der Waals surface area contributed by atoms with Crippen LogP contribution < -0.4 is 9.88 Å². The van der Waals surface area contributed by atoms with Crippen molar-refractivity contribution >= 4 is 10.0 Å². The minimum absolute atomic E-state index is 0.0528. The predicted molar refractivity (Wildman–Crippen MR) is 66.2 cm³/mol. The Hall–Kier alpha value is -1.14. The first-order chi connectivity index (χ1) is 7.92. The van der Waals surface area contributed by atoms with E-state index in [1.807, 2.05) is 19.9 Å². The molecule has 1 heterocycles. The number of rotatable bonds is 6. The van der Waals surface area contributed by atoms with Crippen LogP contribution in [0.3, 0.4) is 0 Å². The number of sulfonamides is 1. The van der Waals surface area contributed by atoms with Crippen LogP contribution in [0.5, 0.6) is 5.75 Å². The summed E-state index contributed by atoms with van der Waals surface area (Å²) in [5.74, 6) is 0.535. The second kappa shape index (κ2) is 5.97. The summed E-state index contributed by atoms with van der Waals surface area (Å²) < 4.78 is 27.5. The van der Waals surface area contributed by atoms with Crippen LogP contribution in [-0.4, -0.2) is 25.8 Å². The molecule has 0 bridgehead atoms. The average molecular weight is 258 g/mol. The topological polar surface area (TPSA) is 82.3 Å². The van der Waals surface area contributed by atoms with E-state index in [1.54, 1.807) is 12.3 Å². The number of aromatic nitrogens is 1. The molecule has 0 aliphatic carbocycles. The highest BCUT2D eigenvalue weighted by Gasteiger charge is 2.15. The summed E-state index contributed by atoms with van der Waals surface area (Å²) in [5.41, 5.74) is 0.790. The highest BCUT2D eigenvalue weighted by molar-refractivity contribution is 7.89. The van der Waals surface area contributed by atoms with Crippen LogP contribution in [0.25, 0.3) is 0 Å². The van der Waals surface area contributed by atoms with E-state index >= 15 is 0 Å². The Kier molecular flexibility index (Phi) is 4.89. The highest BCUT2D eigenvalue weighted by Crippen LogP contribution is 2.16. The lowest BCUT2D eigenvalue weighted by Crippen LogP contribution is -2.26. The number of ether oxygens (including phenoxy) is 1. The van der Waals surface area contributed by atoms with Crippen molar-refractivity contribution in [2.24, 2.45) is 11.1 Å². The fraction of sp³-hybridized carbons (Fsp3) is 0.545. The lowest BCUT2D eigenvalue weighted by atomic mass is 10.1. The molecule has 0 radical (unpaired) electrons. The lowest BCUT2D eigenvalue weighted by molar-refractivity contribution is 0.255. The van der Waals surface area contributed by atoms with Crippen LogP contribution in [0.4, 0.5) is 0 Å². The molecule has 96 valence electrons. The lowest BCUT2D eigenvalue weighted by Gasteiger charge is -2.15. The molecule has 0 aromatic carbocycles. The maximum absolute atomic E-state index is 11.0. The Morgan fingerprint density at radius 2 is 2.24 bits per heavy atom. The van der Waals surface area contributed by atoms with Crippen LogP contribution in [0.2, 0.25) is 0 Å². The van der Waals surface area contributed by atoms with E-state index in [2.05, 4.69) is 4.98 Å². The molecule has 2 N–H and O–H groups in total. The summed E-state index contributed by atoms with van der Waals surface area (Å²) in [4.78, 5) is 4.09. The van der Waals surface area contributed by atoms with Gasteiger partial charge in [0.2, 0.25) is 10.0 Å². The van der Waals surface area contributed by atoms with Gasteiger partial charge < -0.3 is 4.74 Å². The SMILES string of the molecule is CCC(COc1cccnc1C)CS(N)(=O)=O. The van der Waals surface area contributed by atoms with Crippen molar-refractivity contribution in [1.82, 2.24) is 4.98 Å². The largest absolute Gasteiger partial charge is 0.491 e. The molecule has 0 aliphatic heterocycles. The first-order valence-electron chi connectivity index (χ1n) is 5.47. The molecule has 0 amide bonds. The Balaban J connectivity index is 2.57. The molecule has 1 unspecified atom stereocenters. The molecular formula is C11H18N2O3S. The molecule has 17 heavy (non-hydrogen) atoms. The van der Waals surface area contributed by atoms with Gasteiger partial charge in [-0.05, 0) is 25.5 Å². The van der Waals surface area contributed by atoms with E-state index in [4.69, 9.17) is 9.88 Å². The second-order valence-corrected chi connectivity index (χ2v) is 5.66. The fourth-order valence-electron chi connectivity index (χ4n) is 1.44. The van der Waals surface area contributed by atoms with E-state index in [0.717, 1.165) is 5.69 Å². The van der Waals surface area contributed by atoms with Gasteiger partial charge in [-0.2, -0.15) is 0 Å². The van der Waals surface area contributed by atoms with Crippen molar-refractivity contribution < 1.29 is 13.2 Å². The molecule has 0 spiro atoms. The maximum atomic E-state index is 11.0. The third-order valence-electron chi connectivity index (χ3n) is 2.48. The fourth-order valence-corrected chi connectivity index (χ4v) is 2.43. The minimum atomic E-state index is -3.45. The van der Waals surface area contributed by atoms with Crippen molar-refractivity contribution in [3.63, 3.8) is 0 Å². The number of hydrogen-bond acceptors (Lipinski definition) is 4. The van der Waals surface area contributed by atoms with Crippen molar-refractivity contribution in [2.45, 2.75) is 20.3 Å². The Morgan fingerprint density at radius 1 is 1.53 bits per heavy atom. The number of pyridine rings is 1. The molecule has 1 aromatic heterocycles. The normalized spacial score (nSPS) is 13.4. The van der Waals surface area contributed by atoms with Crippen LogP contribution >= 0.6 is 0 Å². The van der Waals surface area contributed by atoms with Gasteiger partial charge in [-0.3, -0.25) is 4.98 Å². The summed E-state index contributed by atoms with van der Waals surface area (Å²) in [6.07, 6.45) is 2.39. The number of primary sulfonamides is 1. The first kappa shape index (κ1) is 13.9. The maximum Gasteiger partial charge on any atom is 0.209 e. The van der Waals surface area contributed by atoms with Gasteiger partial charge >= 0.3 is 0 Å². The van der Waals surface area contributed by atoms with E-state index in [-0.39, 0.29) is 11.7 Å². The molecule has 0 saturated heterocycles. The van der Waals surface area contributed by atoms with Gasteiger partial charge in [0.25, 0.3) is 0 Å². The third-order valence-corrected chi connectivity index (χ3v) is 3.41. The monoisotopic (exact) mass is 258 g/mol. The number of nitrogens with zero attached hydrogens (tertiary/aromatic N) is 1. The van der Waals surface area contributed by atoms with Gasteiger partial charge in [0.1, 0.15) is 5.75 Å². The second-order valence-electron chi connectivity index (χ2n) is 4.00. The first-order valence-corrected chi connectivity index (χ1v) is 7.18. The molecule has 6 heteroatoms. The van der Waals surface area contributed by atoms with E-state index in [9.17, 15) is 8.42 Å². The Labute approximate surface area is 102 Å². The number of nitrogens with two attached hydrogens (primary N) is 1. The van der Waals surface area contributed by atoms with Crippen molar-refractivity contribution in [1.29, 1.82) is 0 Å². The van der Waals surface area contributed by atoms with Gasteiger partial charge in [-0.1, -0.05) is 6.92 Å². The average Bonchev–Trinajstić information content (AvgIpc) is 2.24. The third kappa shape index (κ3) is 5.14. The molecule has 0 aliphatic rings.